The van der Waals surface area contributed by atoms with Gasteiger partial charge in [0, 0.05) is 18.3 Å². The molecule has 0 spiro atoms. The summed E-state index contributed by atoms with van der Waals surface area (Å²) in [5, 5.41) is 0. The lowest BCUT2D eigenvalue weighted by Gasteiger charge is -2.12. The third-order valence-electron chi connectivity index (χ3n) is 5.14. The van der Waals surface area contributed by atoms with Crippen molar-refractivity contribution in [3.05, 3.63) is 102 Å². The molecular formula is C26H25NO. The zero-order valence-corrected chi connectivity index (χ0v) is 16.4. The lowest BCUT2D eigenvalue weighted by molar-refractivity contribution is 0.414. The van der Waals surface area contributed by atoms with E-state index in [1.807, 2.05) is 6.07 Å². The molecule has 0 aliphatic carbocycles. The Morgan fingerprint density at radius 2 is 1.46 bits per heavy atom. The average Bonchev–Trinajstić information content (AvgIpc) is 3.13. The highest BCUT2D eigenvalue weighted by molar-refractivity contribution is 5.84. The van der Waals surface area contributed by atoms with Gasteiger partial charge in [-0.25, -0.2) is 0 Å². The lowest BCUT2D eigenvalue weighted by Crippen LogP contribution is -1.95. The van der Waals surface area contributed by atoms with Crippen LogP contribution in [0.4, 0.5) is 0 Å². The first kappa shape index (κ1) is 18.1. The quantitative estimate of drug-likeness (QED) is 0.382. The van der Waals surface area contributed by atoms with Crippen LogP contribution in [-0.4, -0.2) is 11.7 Å². The molecule has 0 atom stereocenters. The van der Waals surface area contributed by atoms with E-state index in [-0.39, 0.29) is 0 Å². The van der Waals surface area contributed by atoms with E-state index in [9.17, 15) is 0 Å². The van der Waals surface area contributed by atoms with E-state index in [0.717, 1.165) is 18.7 Å². The second-order valence-corrected chi connectivity index (χ2v) is 6.92. The molecule has 140 valence electrons. The normalized spacial score (nSPS) is 10.8. The Balaban J connectivity index is 1.89. The van der Waals surface area contributed by atoms with Crippen molar-refractivity contribution in [2.75, 3.05) is 7.11 Å². The molecule has 0 saturated heterocycles. The summed E-state index contributed by atoms with van der Waals surface area (Å²) in [4.78, 5) is 0. The molecular weight excluding hydrogens is 342 g/mol. The fourth-order valence-corrected chi connectivity index (χ4v) is 3.83. The molecule has 0 saturated carbocycles. The van der Waals surface area contributed by atoms with Crippen LogP contribution in [0.15, 0.2) is 91.1 Å². The molecule has 0 aliphatic rings. The van der Waals surface area contributed by atoms with Gasteiger partial charge in [0.25, 0.3) is 0 Å². The molecule has 0 fully saturated rings. The van der Waals surface area contributed by atoms with Crippen LogP contribution in [0, 0.1) is 0 Å². The molecule has 0 N–H and O–H groups in total. The molecule has 2 heteroatoms. The van der Waals surface area contributed by atoms with Crippen LogP contribution in [0.25, 0.3) is 22.4 Å². The van der Waals surface area contributed by atoms with Crippen LogP contribution >= 0.6 is 0 Å². The maximum absolute atomic E-state index is 5.42. The molecule has 4 aromatic rings. The van der Waals surface area contributed by atoms with Crippen molar-refractivity contribution in [2.45, 2.75) is 19.9 Å². The second-order valence-electron chi connectivity index (χ2n) is 6.92. The van der Waals surface area contributed by atoms with Crippen LogP contribution in [0.2, 0.25) is 0 Å². The van der Waals surface area contributed by atoms with Crippen molar-refractivity contribution in [3.63, 3.8) is 0 Å². The first-order valence-corrected chi connectivity index (χ1v) is 9.76. The minimum absolute atomic E-state index is 0.869. The van der Waals surface area contributed by atoms with Crippen molar-refractivity contribution in [3.8, 4) is 28.1 Å². The molecule has 3 aromatic carbocycles. The van der Waals surface area contributed by atoms with Gasteiger partial charge in [-0.05, 0) is 47.7 Å². The lowest BCUT2D eigenvalue weighted by atomic mass is 9.94. The number of hydrogen-bond acceptors (Lipinski definition) is 1. The highest BCUT2D eigenvalue weighted by atomic mass is 16.5. The number of aromatic nitrogens is 1. The molecule has 0 aliphatic heterocycles. The predicted molar refractivity (Wildman–Crippen MR) is 117 cm³/mol. The van der Waals surface area contributed by atoms with Crippen molar-refractivity contribution < 1.29 is 4.74 Å². The van der Waals surface area contributed by atoms with Crippen LogP contribution in [0.1, 0.15) is 18.1 Å². The van der Waals surface area contributed by atoms with Gasteiger partial charge in [0.15, 0.2) is 0 Å². The monoisotopic (exact) mass is 367 g/mol. The zero-order chi connectivity index (χ0) is 19.3. The largest absolute Gasteiger partial charge is 0.497 e. The topological polar surface area (TPSA) is 14.2 Å². The number of hydrogen-bond donors (Lipinski definition) is 0. The Hall–Kier alpha value is -3.26. The van der Waals surface area contributed by atoms with Gasteiger partial charge in [-0.2, -0.15) is 0 Å². The summed E-state index contributed by atoms with van der Waals surface area (Å²) in [7, 11) is 1.72. The molecule has 0 amide bonds. The van der Waals surface area contributed by atoms with Crippen molar-refractivity contribution in [2.24, 2.45) is 0 Å². The number of nitrogens with zero attached hydrogens (tertiary/aromatic N) is 1. The number of rotatable bonds is 6. The minimum atomic E-state index is 0.869. The third-order valence-corrected chi connectivity index (χ3v) is 5.14. The fourth-order valence-electron chi connectivity index (χ4n) is 3.83. The average molecular weight is 367 g/mol. The van der Waals surface area contributed by atoms with Gasteiger partial charge in [-0.15, -0.1) is 0 Å². The Labute approximate surface area is 167 Å². The summed E-state index contributed by atoms with van der Waals surface area (Å²) in [6.07, 6.45) is 3.18. The molecule has 4 rings (SSSR count). The van der Waals surface area contributed by atoms with Crippen molar-refractivity contribution in [1.82, 2.24) is 4.57 Å². The maximum Gasteiger partial charge on any atom is 0.119 e. The summed E-state index contributed by atoms with van der Waals surface area (Å²) >= 11 is 0. The molecule has 0 bridgehead atoms. The van der Waals surface area contributed by atoms with Crippen molar-refractivity contribution >= 4 is 0 Å². The minimum Gasteiger partial charge on any atom is -0.497 e. The van der Waals surface area contributed by atoms with Gasteiger partial charge in [-0.1, -0.05) is 72.8 Å². The summed E-state index contributed by atoms with van der Waals surface area (Å²) in [5.74, 6) is 0.900. The summed E-state index contributed by atoms with van der Waals surface area (Å²) in [5.41, 5.74) is 7.69. The first-order valence-electron chi connectivity index (χ1n) is 9.76. The molecule has 1 heterocycles. The smallest absolute Gasteiger partial charge is 0.119 e. The van der Waals surface area contributed by atoms with Gasteiger partial charge >= 0.3 is 0 Å². The molecule has 1 aromatic heterocycles. The van der Waals surface area contributed by atoms with E-state index in [0.29, 0.717) is 0 Å². The van der Waals surface area contributed by atoms with Crippen LogP contribution in [0.3, 0.4) is 0 Å². The van der Waals surface area contributed by atoms with Gasteiger partial charge in [0.05, 0.1) is 12.8 Å². The van der Waals surface area contributed by atoms with E-state index < -0.39 is 0 Å². The highest BCUT2D eigenvalue weighted by Gasteiger charge is 2.18. The number of aryl methyl sites for hydroxylation is 1. The predicted octanol–water partition coefficient (Wildman–Crippen LogP) is 6.44. The maximum atomic E-state index is 5.42. The number of benzene rings is 3. The Kier molecular flexibility index (Phi) is 5.29. The fraction of sp³-hybridized carbons (Fsp3) is 0.154. The highest BCUT2D eigenvalue weighted by Crippen LogP contribution is 2.38. The Morgan fingerprint density at radius 1 is 0.786 bits per heavy atom. The Morgan fingerprint density at radius 3 is 2.11 bits per heavy atom. The number of ether oxygens (including phenoxy) is 1. The van der Waals surface area contributed by atoms with Crippen molar-refractivity contribution in [1.29, 1.82) is 0 Å². The summed E-state index contributed by atoms with van der Waals surface area (Å²) < 4.78 is 7.79. The Bertz CT molecular complexity index is 1050. The van der Waals surface area contributed by atoms with E-state index in [2.05, 4.69) is 96.6 Å². The number of methoxy groups -OCH3 is 1. The van der Waals surface area contributed by atoms with Gasteiger partial charge in [0.2, 0.25) is 0 Å². The van der Waals surface area contributed by atoms with Gasteiger partial charge in [0.1, 0.15) is 5.75 Å². The van der Waals surface area contributed by atoms with E-state index in [4.69, 9.17) is 4.74 Å². The first-order chi connectivity index (χ1) is 13.8. The molecule has 2 nitrogen and oxygen atoms in total. The van der Waals surface area contributed by atoms with E-state index in [1.165, 1.54) is 33.5 Å². The second kappa shape index (κ2) is 8.18. The zero-order valence-electron chi connectivity index (χ0n) is 16.4. The van der Waals surface area contributed by atoms with E-state index >= 15 is 0 Å². The molecule has 28 heavy (non-hydrogen) atoms. The van der Waals surface area contributed by atoms with E-state index in [1.54, 1.807) is 7.11 Å². The van der Waals surface area contributed by atoms with Crippen LogP contribution in [0.5, 0.6) is 5.75 Å². The summed E-state index contributed by atoms with van der Waals surface area (Å²) in [6, 6.07) is 29.7. The van der Waals surface area contributed by atoms with Crippen LogP contribution in [-0.2, 0) is 13.0 Å². The van der Waals surface area contributed by atoms with Gasteiger partial charge < -0.3 is 9.30 Å². The third kappa shape index (κ3) is 3.59. The molecule has 0 unspecified atom stereocenters. The summed E-state index contributed by atoms with van der Waals surface area (Å²) in [6.45, 7) is 3.14. The van der Waals surface area contributed by atoms with Crippen LogP contribution < -0.4 is 4.74 Å². The molecule has 0 radical (unpaired) electrons. The standard InChI is InChI=1S/C26H25NO/c1-3-27-19-23(17-20-11-10-16-24(18-20)28-2)25(21-12-6-4-7-13-21)26(27)22-14-8-5-9-15-22/h4-16,18-19H,3,17H2,1-2H3. The van der Waals surface area contributed by atoms with Gasteiger partial charge in [-0.3, -0.25) is 0 Å². The SMILES string of the molecule is CCn1cc(Cc2cccc(OC)c2)c(-c2ccccc2)c1-c1ccccc1.